The summed E-state index contributed by atoms with van der Waals surface area (Å²) < 4.78 is 6.43. The number of H-pyrrole nitrogens is 1. The van der Waals surface area contributed by atoms with Crippen LogP contribution in [0.3, 0.4) is 0 Å². The van der Waals surface area contributed by atoms with Crippen LogP contribution in [0.15, 0.2) is 42.6 Å². The van der Waals surface area contributed by atoms with E-state index in [-0.39, 0.29) is 5.91 Å². The van der Waals surface area contributed by atoms with Crippen molar-refractivity contribution in [2.45, 2.75) is 38.3 Å². The fourth-order valence-corrected chi connectivity index (χ4v) is 4.63. The van der Waals surface area contributed by atoms with E-state index in [9.17, 15) is 4.79 Å². The molecule has 1 aromatic carbocycles. The first-order valence-corrected chi connectivity index (χ1v) is 10.4. The molecule has 0 radical (unpaired) electrons. The number of amides is 1. The number of hydrogen-bond donors (Lipinski definition) is 2. The minimum Gasteiger partial charge on any atom is -0.475 e. The van der Waals surface area contributed by atoms with Gasteiger partial charge in [0, 0.05) is 42.2 Å². The van der Waals surface area contributed by atoms with Crippen molar-refractivity contribution >= 4 is 16.8 Å². The van der Waals surface area contributed by atoms with E-state index >= 15 is 0 Å². The zero-order valence-electron chi connectivity index (χ0n) is 16.7. The van der Waals surface area contributed by atoms with Crippen LogP contribution in [0.5, 0.6) is 5.75 Å². The van der Waals surface area contributed by atoms with Crippen molar-refractivity contribution in [1.29, 1.82) is 0 Å². The Hall–Kier alpha value is -2.86. The molecule has 0 aliphatic carbocycles. The van der Waals surface area contributed by atoms with Gasteiger partial charge in [0.2, 0.25) is 0 Å². The van der Waals surface area contributed by atoms with Crippen molar-refractivity contribution in [3.05, 3.63) is 59.5 Å². The third-order valence-electron chi connectivity index (χ3n) is 6.23. The molecule has 6 heteroatoms. The molecule has 0 bridgehead atoms. The molecule has 1 fully saturated rings. The molecule has 4 heterocycles. The van der Waals surface area contributed by atoms with E-state index in [4.69, 9.17) is 4.74 Å². The fraction of sp³-hybridized carbons (Fsp3) is 0.391. The summed E-state index contributed by atoms with van der Waals surface area (Å²) in [5.74, 6) is 0.789. The standard InChI is InChI=1S/C23H26N4O2/c1-16-21(7-4-11-25-16)29-23(9-12-24-13-10-23)22(28)27-14-8-18-17-5-2-3-6-19(17)26-20(18)15-27/h2-7,11,24,26H,8-10,12-15H2,1H3. The first-order chi connectivity index (χ1) is 14.2. The van der Waals surface area contributed by atoms with Gasteiger partial charge in [-0.1, -0.05) is 18.2 Å². The first kappa shape index (κ1) is 18.2. The molecular weight excluding hydrogens is 364 g/mol. The zero-order chi connectivity index (χ0) is 19.8. The quantitative estimate of drug-likeness (QED) is 0.721. The Morgan fingerprint density at radius 3 is 2.83 bits per heavy atom. The molecule has 1 amide bonds. The molecule has 0 atom stereocenters. The number of pyridine rings is 1. The van der Waals surface area contributed by atoms with Gasteiger partial charge in [0.05, 0.1) is 12.2 Å². The van der Waals surface area contributed by atoms with Gasteiger partial charge >= 0.3 is 0 Å². The molecule has 2 N–H and O–H groups in total. The third kappa shape index (κ3) is 3.17. The van der Waals surface area contributed by atoms with Crippen molar-refractivity contribution in [3.63, 3.8) is 0 Å². The second kappa shape index (κ2) is 7.19. The molecule has 150 valence electrons. The maximum absolute atomic E-state index is 13.8. The summed E-state index contributed by atoms with van der Waals surface area (Å²) in [5, 5.41) is 4.63. The van der Waals surface area contributed by atoms with Gasteiger partial charge < -0.3 is 19.9 Å². The molecule has 0 spiro atoms. The third-order valence-corrected chi connectivity index (χ3v) is 6.23. The number of hydrogen-bond acceptors (Lipinski definition) is 4. The molecule has 0 unspecified atom stereocenters. The molecule has 3 aromatic rings. The largest absolute Gasteiger partial charge is 0.475 e. The van der Waals surface area contributed by atoms with Gasteiger partial charge in [-0.2, -0.15) is 0 Å². The lowest BCUT2D eigenvalue weighted by Gasteiger charge is -2.41. The van der Waals surface area contributed by atoms with Crippen LogP contribution in [0.4, 0.5) is 0 Å². The minimum atomic E-state index is -0.831. The number of aromatic amines is 1. The lowest BCUT2D eigenvalue weighted by atomic mass is 9.89. The molecule has 2 aliphatic heterocycles. The summed E-state index contributed by atoms with van der Waals surface area (Å²) in [6, 6.07) is 12.1. The summed E-state index contributed by atoms with van der Waals surface area (Å²) in [6.07, 6.45) is 3.94. The minimum absolute atomic E-state index is 0.0894. The molecule has 0 saturated carbocycles. The molecule has 2 aromatic heterocycles. The van der Waals surface area contributed by atoms with Crippen molar-refractivity contribution in [2.75, 3.05) is 19.6 Å². The van der Waals surface area contributed by atoms with Crippen LogP contribution in [-0.2, 0) is 17.8 Å². The van der Waals surface area contributed by atoms with Crippen LogP contribution in [0, 0.1) is 6.92 Å². The van der Waals surface area contributed by atoms with E-state index in [0.717, 1.165) is 43.0 Å². The number of aromatic nitrogens is 2. The SMILES string of the molecule is Cc1ncccc1OC1(C(=O)N2CCc3c([nH]c4ccccc34)C2)CCNCC1. The number of nitrogens with zero attached hydrogens (tertiary/aromatic N) is 2. The normalized spacial score (nSPS) is 18.4. The Kier molecular flexibility index (Phi) is 4.51. The molecule has 6 nitrogen and oxygen atoms in total. The Bertz CT molecular complexity index is 1050. The van der Waals surface area contributed by atoms with Gasteiger partial charge in [0.25, 0.3) is 5.91 Å². The van der Waals surface area contributed by atoms with Crippen LogP contribution < -0.4 is 10.1 Å². The van der Waals surface area contributed by atoms with Gasteiger partial charge in [0.1, 0.15) is 5.75 Å². The molecular formula is C23H26N4O2. The van der Waals surface area contributed by atoms with E-state index in [2.05, 4.69) is 33.5 Å². The highest BCUT2D eigenvalue weighted by atomic mass is 16.5. The smallest absolute Gasteiger partial charge is 0.267 e. The maximum atomic E-state index is 13.8. The zero-order valence-corrected chi connectivity index (χ0v) is 16.7. The average Bonchev–Trinajstić information content (AvgIpc) is 3.13. The lowest BCUT2D eigenvalue weighted by molar-refractivity contribution is -0.151. The second-order valence-electron chi connectivity index (χ2n) is 8.04. The summed E-state index contributed by atoms with van der Waals surface area (Å²) >= 11 is 0. The van der Waals surface area contributed by atoms with Crippen LogP contribution in [0.1, 0.15) is 29.8 Å². The summed E-state index contributed by atoms with van der Waals surface area (Å²) in [4.78, 5) is 23.6. The molecule has 2 aliphatic rings. The fourth-order valence-electron chi connectivity index (χ4n) is 4.63. The predicted octanol–water partition coefficient (Wildman–Crippen LogP) is 2.96. The number of nitrogens with one attached hydrogen (secondary N) is 2. The van der Waals surface area contributed by atoms with Crippen LogP contribution >= 0.6 is 0 Å². The number of fused-ring (bicyclic) bond motifs is 3. The summed E-state index contributed by atoms with van der Waals surface area (Å²) in [5.41, 5.74) is 3.61. The monoisotopic (exact) mass is 390 g/mol. The van der Waals surface area contributed by atoms with Gasteiger partial charge in [0.15, 0.2) is 5.60 Å². The van der Waals surface area contributed by atoms with Gasteiger partial charge in [-0.05, 0) is 50.2 Å². The number of para-hydroxylation sites is 1. The number of ether oxygens (including phenoxy) is 1. The maximum Gasteiger partial charge on any atom is 0.267 e. The number of carbonyl (C=O) groups excluding carboxylic acids is 1. The van der Waals surface area contributed by atoms with E-state index in [1.807, 2.05) is 30.0 Å². The van der Waals surface area contributed by atoms with Gasteiger partial charge in [-0.25, -0.2) is 0 Å². The number of benzene rings is 1. The van der Waals surface area contributed by atoms with Crippen molar-refractivity contribution in [3.8, 4) is 5.75 Å². The Balaban J connectivity index is 1.44. The highest BCUT2D eigenvalue weighted by Crippen LogP contribution is 2.33. The average molecular weight is 390 g/mol. The summed E-state index contributed by atoms with van der Waals surface area (Å²) in [7, 11) is 0. The second-order valence-corrected chi connectivity index (χ2v) is 8.04. The molecule has 5 rings (SSSR count). The number of rotatable bonds is 3. The number of carbonyl (C=O) groups is 1. The topological polar surface area (TPSA) is 70.2 Å². The molecule has 1 saturated heterocycles. The first-order valence-electron chi connectivity index (χ1n) is 10.4. The van der Waals surface area contributed by atoms with Crippen molar-refractivity contribution in [2.24, 2.45) is 0 Å². The van der Waals surface area contributed by atoms with Crippen LogP contribution in [-0.4, -0.2) is 46.0 Å². The molecule has 29 heavy (non-hydrogen) atoms. The van der Waals surface area contributed by atoms with Gasteiger partial charge in [-0.3, -0.25) is 9.78 Å². The highest BCUT2D eigenvalue weighted by molar-refractivity contribution is 5.88. The van der Waals surface area contributed by atoms with Crippen molar-refractivity contribution < 1.29 is 9.53 Å². The lowest BCUT2D eigenvalue weighted by Crippen LogP contribution is -2.58. The number of aryl methyl sites for hydroxylation is 1. The van der Waals surface area contributed by atoms with E-state index in [0.29, 0.717) is 25.1 Å². The Labute approximate surface area is 170 Å². The summed E-state index contributed by atoms with van der Waals surface area (Å²) in [6.45, 7) is 4.80. The Morgan fingerprint density at radius 2 is 2.00 bits per heavy atom. The van der Waals surface area contributed by atoms with E-state index < -0.39 is 5.60 Å². The Morgan fingerprint density at radius 1 is 1.17 bits per heavy atom. The van der Waals surface area contributed by atoms with Gasteiger partial charge in [-0.15, -0.1) is 0 Å². The van der Waals surface area contributed by atoms with Crippen LogP contribution in [0.25, 0.3) is 10.9 Å². The number of piperidine rings is 1. The van der Waals surface area contributed by atoms with E-state index in [1.54, 1.807) is 6.20 Å². The predicted molar refractivity (Wildman–Crippen MR) is 112 cm³/mol. The van der Waals surface area contributed by atoms with Crippen molar-refractivity contribution in [1.82, 2.24) is 20.2 Å². The van der Waals surface area contributed by atoms with Crippen LogP contribution in [0.2, 0.25) is 0 Å². The van der Waals surface area contributed by atoms with E-state index in [1.165, 1.54) is 10.9 Å². The highest BCUT2D eigenvalue weighted by Gasteiger charge is 2.45.